The summed E-state index contributed by atoms with van der Waals surface area (Å²) in [6.07, 6.45) is 1.29. The lowest BCUT2D eigenvalue weighted by molar-refractivity contribution is -0.904. The van der Waals surface area contributed by atoms with Gasteiger partial charge in [-0.05, 0) is 37.1 Å². The predicted octanol–water partition coefficient (Wildman–Crippen LogP) is 2.26. The van der Waals surface area contributed by atoms with Gasteiger partial charge < -0.3 is 10.2 Å². The second-order valence-electron chi connectivity index (χ2n) is 6.29. The van der Waals surface area contributed by atoms with Gasteiger partial charge in [-0.15, -0.1) is 0 Å². The van der Waals surface area contributed by atoms with E-state index in [0.717, 1.165) is 40.6 Å². The van der Waals surface area contributed by atoms with E-state index >= 15 is 0 Å². The standard InChI is InChI=1S/C16H23BrN2O/c1-11-6-12(2)9-19(8-11)10-16(20)18-15-5-4-14(17)7-13(15)3/h4-5,7,11-12H,6,8-10H2,1-3H3,(H,18,20)/p+1/t11-,12-/m0/s1. The Kier molecular flexibility index (Phi) is 5.22. The highest BCUT2D eigenvalue weighted by atomic mass is 79.9. The SMILES string of the molecule is Cc1cc(Br)ccc1NC(=O)C[NH+]1C[C@@H](C)C[C@H](C)C1. The Hall–Kier alpha value is -0.870. The Morgan fingerprint density at radius 2 is 2.00 bits per heavy atom. The van der Waals surface area contributed by atoms with E-state index in [0.29, 0.717) is 6.54 Å². The van der Waals surface area contributed by atoms with Gasteiger partial charge in [-0.1, -0.05) is 29.8 Å². The summed E-state index contributed by atoms with van der Waals surface area (Å²) in [5.74, 6) is 1.55. The Labute approximate surface area is 129 Å². The van der Waals surface area contributed by atoms with Crippen LogP contribution in [0.25, 0.3) is 0 Å². The normalized spacial score (nSPS) is 26.3. The van der Waals surface area contributed by atoms with E-state index in [9.17, 15) is 4.79 Å². The first-order chi connectivity index (χ1) is 9.44. The molecule has 0 aliphatic carbocycles. The van der Waals surface area contributed by atoms with Gasteiger partial charge in [0.25, 0.3) is 5.91 Å². The summed E-state index contributed by atoms with van der Waals surface area (Å²) in [6, 6.07) is 5.93. The van der Waals surface area contributed by atoms with Crippen LogP contribution in [0.5, 0.6) is 0 Å². The van der Waals surface area contributed by atoms with Crippen molar-refractivity contribution in [1.82, 2.24) is 0 Å². The second kappa shape index (κ2) is 6.72. The number of nitrogens with one attached hydrogen (secondary N) is 2. The summed E-state index contributed by atoms with van der Waals surface area (Å²) >= 11 is 3.44. The van der Waals surface area contributed by atoms with Crippen LogP contribution in [0.2, 0.25) is 0 Å². The average molecular weight is 340 g/mol. The number of hydrogen-bond acceptors (Lipinski definition) is 1. The summed E-state index contributed by atoms with van der Waals surface area (Å²) < 4.78 is 1.04. The fraction of sp³-hybridized carbons (Fsp3) is 0.562. The predicted molar refractivity (Wildman–Crippen MR) is 86.0 cm³/mol. The fourth-order valence-electron chi connectivity index (χ4n) is 3.26. The third kappa shape index (κ3) is 4.32. The molecular formula is C16H24BrN2O+. The van der Waals surface area contributed by atoms with E-state index in [2.05, 4.69) is 35.1 Å². The van der Waals surface area contributed by atoms with Crippen molar-refractivity contribution in [3.8, 4) is 0 Å². The molecule has 0 spiro atoms. The zero-order chi connectivity index (χ0) is 14.7. The minimum Gasteiger partial charge on any atom is -0.327 e. The van der Waals surface area contributed by atoms with Gasteiger partial charge in [0, 0.05) is 22.0 Å². The molecule has 1 amide bonds. The van der Waals surface area contributed by atoms with E-state index in [1.165, 1.54) is 11.3 Å². The minimum atomic E-state index is 0.117. The number of carbonyl (C=O) groups is 1. The molecule has 0 saturated carbocycles. The lowest BCUT2D eigenvalue weighted by Crippen LogP contribution is -3.15. The number of piperidine rings is 1. The molecule has 0 unspecified atom stereocenters. The van der Waals surface area contributed by atoms with Crippen molar-refractivity contribution >= 4 is 27.5 Å². The van der Waals surface area contributed by atoms with Crippen LogP contribution in [0.1, 0.15) is 25.8 Å². The molecule has 1 fully saturated rings. The maximum atomic E-state index is 12.2. The molecule has 2 rings (SSSR count). The van der Waals surface area contributed by atoms with Crippen LogP contribution in [-0.2, 0) is 4.79 Å². The number of aryl methyl sites for hydroxylation is 1. The first-order valence-corrected chi connectivity index (χ1v) is 8.13. The summed E-state index contributed by atoms with van der Waals surface area (Å²) in [7, 11) is 0. The fourth-order valence-corrected chi connectivity index (χ4v) is 3.73. The van der Waals surface area contributed by atoms with Crippen molar-refractivity contribution in [2.45, 2.75) is 27.2 Å². The molecule has 1 aliphatic heterocycles. The highest BCUT2D eigenvalue weighted by molar-refractivity contribution is 9.10. The highest BCUT2D eigenvalue weighted by Gasteiger charge is 2.26. The van der Waals surface area contributed by atoms with Gasteiger partial charge in [0.2, 0.25) is 0 Å². The number of rotatable bonds is 3. The van der Waals surface area contributed by atoms with Crippen molar-refractivity contribution in [2.75, 3.05) is 25.0 Å². The molecule has 3 nitrogen and oxygen atoms in total. The molecule has 4 heteroatoms. The summed E-state index contributed by atoms with van der Waals surface area (Å²) in [6.45, 7) is 9.37. The Morgan fingerprint density at radius 3 is 2.60 bits per heavy atom. The van der Waals surface area contributed by atoms with Crippen molar-refractivity contribution in [1.29, 1.82) is 0 Å². The minimum absolute atomic E-state index is 0.117. The molecule has 0 bridgehead atoms. The summed E-state index contributed by atoms with van der Waals surface area (Å²) in [5.41, 5.74) is 2.00. The van der Waals surface area contributed by atoms with E-state index in [1.54, 1.807) is 0 Å². The van der Waals surface area contributed by atoms with Crippen molar-refractivity contribution < 1.29 is 9.69 Å². The number of quaternary nitrogens is 1. The Bertz CT molecular complexity index is 479. The molecule has 1 aromatic rings. The molecule has 1 aliphatic rings. The molecule has 0 radical (unpaired) electrons. The first-order valence-electron chi connectivity index (χ1n) is 7.33. The van der Waals surface area contributed by atoms with Gasteiger partial charge in [0.1, 0.15) is 0 Å². The molecule has 1 heterocycles. The monoisotopic (exact) mass is 339 g/mol. The number of amides is 1. The van der Waals surface area contributed by atoms with E-state index in [4.69, 9.17) is 0 Å². The van der Waals surface area contributed by atoms with Crippen LogP contribution in [0.15, 0.2) is 22.7 Å². The van der Waals surface area contributed by atoms with Gasteiger partial charge in [0.05, 0.1) is 13.1 Å². The molecular weight excluding hydrogens is 316 g/mol. The van der Waals surface area contributed by atoms with Crippen LogP contribution < -0.4 is 10.2 Å². The van der Waals surface area contributed by atoms with Crippen LogP contribution in [0.3, 0.4) is 0 Å². The van der Waals surface area contributed by atoms with E-state index < -0.39 is 0 Å². The quantitative estimate of drug-likeness (QED) is 0.870. The Balaban J connectivity index is 1.92. The lowest BCUT2D eigenvalue weighted by atomic mass is 9.92. The first kappa shape index (κ1) is 15.5. The maximum Gasteiger partial charge on any atom is 0.279 e. The highest BCUT2D eigenvalue weighted by Crippen LogP contribution is 2.19. The average Bonchev–Trinajstić information content (AvgIpc) is 2.31. The topological polar surface area (TPSA) is 33.5 Å². The van der Waals surface area contributed by atoms with Gasteiger partial charge in [0.15, 0.2) is 6.54 Å². The number of hydrogen-bond donors (Lipinski definition) is 2. The summed E-state index contributed by atoms with van der Waals surface area (Å²) in [5, 5.41) is 3.03. The van der Waals surface area contributed by atoms with E-state index in [-0.39, 0.29) is 5.91 Å². The third-order valence-corrected chi connectivity index (χ3v) is 4.45. The molecule has 1 aromatic carbocycles. The van der Waals surface area contributed by atoms with Crippen molar-refractivity contribution in [3.63, 3.8) is 0 Å². The molecule has 20 heavy (non-hydrogen) atoms. The zero-order valence-corrected chi connectivity index (χ0v) is 14.1. The van der Waals surface area contributed by atoms with Crippen LogP contribution >= 0.6 is 15.9 Å². The number of benzene rings is 1. The van der Waals surface area contributed by atoms with Gasteiger partial charge in [-0.3, -0.25) is 4.79 Å². The van der Waals surface area contributed by atoms with Crippen molar-refractivity contribution in [2.24, 2.45) is 11.8 Å². The summed E-state index contributed by atoms with van der Waals surface area (Å²) in [4.78, 5) is 13.6. The zero-order valence-electron chi connectivity index (χ0n) is 12.5. The van der Waals surface area contributed by atoms with Crippen LogP contribution in [0, 0.1) is 18.8 Å². The molecule has 2 atom stereocenters. The Morgan fingerprint density at radius 1 is 1.35 bits per heavy atom. The van der Waals surface area contributed by atoms with Crippen LogP contribution in [0.4, 0.5) is 5.69 Å². The molecule has 1 saturated heterocycles. The number of anilines is 1. The molecule has 0 aromatic heterocycles. The van der Waals surface area contributed by atoms with Gasteiger partial charge in [-0.2, -0.15) is 0 Å². The second-order valence-corrected chi connectivity index (χ2v) is 7.20. The molecule has 110 valence electrons. The number of carbonyl (C=O) groups excluding carboxylic acids is 1. The lowest BCUT2D eigenvalue weighted by Gasteiger charge is -2.31. The smallest absolute Gasteiger partial charge is 0.279 e. The van der Waals surface area contributed by atoms with Gasteiger partial charge in [-0.25, -0.2) is 0 Å². The van der Waals surface area contributed by atoms with E-state index in [1.807, 2.05) is 25.1 Å². The maximum absolute atomic E-state index is 12.2. The van der Waals surface area contributed by atoms with Crippen molar-refractivity contribution in [3.05, 3.63) is 28.2 Å². The van der Waals surface area contributed by atoms with Crippen LogP contribution in [-0.4, -0.2) is 25.5 Å². The third-order valence-electron chi connectivity index (χ3n) is 3.95. The number of halogens is 1. The largest absolute Gasteiger partial charge is 0.327 e. The number of likely N-dealkylation sites (tertiary alicyclic amines) is 1. The molecule has 2 N–H and O–H groups in total. The van der Waals surface area contributed by atoms with Gasteiger partial charge >= 0.3 is 0 Å².